The first-order valence-electron chi connectivity index (χ1n) is 15.2. The van der Waals surface area contributed by atoms with E-state index in [4.69, 9.17) is 4.42 Å². The molecule has 0 spiro atoms. The van der Waals surface area contributed by atoms with Gasteiger partial charge in [0, 0.05) is 46.8 Å². The van der Waals surface area contributed by atoms with Crippen LogP contribution in [0.3, 0.4) is 0 Å². The number of aromatic hydroxyl groups is 1. The molecule has 19 heteroatoms. The molecule has 2 aliphatic rings. The van der Waals surface area contributed by atoms with Crippen molar-refractivity contribution in [3.8, 4) is 28.2 Å². The number of hydrogen-bond acceptors (Lipinski definition) is 9. The molecule has 1 unspecified atom stereocenters. The van der Waals surface area contributed by atoms with E-state index in [2.05, 4.69) is 5.32 Å². The van der Waals surface area contributed by atoms with Gasteiger partial charge in [-0.25, -0.2) is 9.36 Å². The molecule has 6 rings (SSSR count). The number of aliphatic hydroxyl groups is 2. The van der Waals surface area contributed by atoms with Crippen LogP contribution >= 0.6 is 15.2 Å². The molecular formula is C33H30N3O14P2+. The lowest BCUT2D eigenvalue weighted by Crippen LogP contribution is -2.44. The zero-order valence-corrected chi connectivity index (χ0v) is 28.4. The van der Waals surface area contributed by atoms with E-state index in [0.29, 0.717) is 22.2 Å². The van der Waals surface area contributed by atoms with Gasteiger partial charge in [-0.15, -0.1) is 0 Å². The van der Waals surface area contributed by atoms with Gasteiger partial charge in [0.15, 0.2) is 11.1 Å². The zero-order valence-electron chi connectivity index (χ0n) is 26.6. The Morgan fingerprint density at radius 2 is 1.67 bits per heavy atom. The van der Waals surface area contributed by atoms with E-state index >= 15 is 0 Å². The van der Waals surface area contributed by atoms with Crippen LogP contribution in [0, 0.1) is 0 Å². The van der Waals surface area contributed by atoms with Crippen LogP contribution in [0.4, 0.5) is 0 Å². The number of amides is 1. The molecule has 0 saturated heterocycles. The molecule has 1 aliphatic carbocycles. The smallest absolute Gasteiger partial charge is 0.369 e. The number of aromatic nitrogens is 2. The number of carboxylic acid groups (broad SMARTS) is 1. The second kappa shape index (κ2) is 13.4. The van der Waals surface area contributed by atoms with E-state index in [1.54, 1.807) is 6.07 Å². The summed E-state index contributed by atoms with van der Waals surface area (Å²) in [6, 6.07) is 16.6. The van der Waals surface area contributed by atoms with Gasteiger partial charge in [0.25, 0.3) is 16.6 Å². The summed E-state index contributed by atoms with van der Waals surface area (Å²) in [5.41, 5.74) is 0.584. The van der Waals surface area contributed by atoms with Crippen LogP contribution in [0.5, 0.6) is 5.75 Å². The predicted octanol–water partition coefficient (Wildman–Crippen LogP) is 1.84. The number of phenols is 1. The summed E-state index contributed by atoms with van der Waals surface area (Å²) in [5.74, 6) is -2.04. The number of rotatable bonds is 11. The molecule has 1 aliphatic heterocycles. The Balaban J connectivity index is 1.29. The number of nitrogens with one attached hydrogen (secondary N) is 1. The number of nitrogens with zero attached hydrogens (tertiary/aromatic N) is 2. The van der Waals surface area contributed by atoms with Gasteiger partial charge in [-0.3, -0.25) is 18.7 Å². The maximum Gasteiger partial charge on any atom is 0.369 e. The van der Waals surface area contributed by atoms with Crippen molar-refractivity contribution in [2.75, 3.05) is 6.54 Å². The molecule has 17 nitrogen and oxygen atoms in total. The highest BCUT2D eigenvalue weighted by Crippen LogP contribution is 2.68. The molecule has 52 heavy (non-hydrogen) atoms. The van der Waals surface area contributed by atoms with Crippen LogP contribution in [0.2, 0.25) is 0 Å². The van der Waals surface area contributed by atoms with Gasteiger partial charge in [0.2, 0.25) is 0 Å². The topological polar surface area (TPSA) is 281 Å². The van der Waals surface area contributed by atoms with Gasteiger partial charge < -0.3 is 49.7 Å². The Hall–Kier alpha value is -5.22. The lowest BCUT2D eigenvalue weighted by atomic mass is 9.89. The maximum absolute atomic E-state index is 13.4. The number of benzene rings is 3. The minimum absolute atomic E-state index is 0.00642. The highest BCUT2D eigenvalue weighted by Gasteiger charge is 2.60. The van der Waals surface area contributed by atoms with Crippen LogP contribution in [-0.4, -0.2) is 74.0 Å². The van der Waals surface area contributed by atoms with Crippen molar-refractivity contribution in [2.24, 2.45) is 0 Å². The monoisotopic (exact) mass is 754 g/mol. The predicted molar refractivity (Wildman–Crippen MR) is 182 cm³/mol. The number of aromatic carboxylic acids is 1. The molecule has 9 N–H and O–H groups in total. The first kappa shape index (κ1) is 36.6. The van der Waals surface area contributed by atoms with E-state index in [9.17, 15) is 63.5 Å². The van der Waals surface area contributed by atoms with E-state index in [-0.39, 0.29) is 58.0 Å². The van der Waals surface area contributed by atoms with Crippen molar-refractivity contribution in [3.63, 3.8) is 0 Å². The minimum atomic E-state index is -5.77. The average molecular weight is 755 g/mol. The molecule has 0 bridgehead atoms. The normalized spacial score (nSPS) is 13.1. The SMILES string of the molecule is O=C(NCC(O)C[n+]1cc(CC(O)(P(=O)(O)O)P(=O)(O)O)n2ccccc21)c1ccc(C(=O)O)c(-c2c3ccc(=O)cc-3oc3cc(O)ccc23)c1. The maximum atomic E-state index is 13.4. The van der Waals surface area contributed by atoms with Crippen molar-refractivity contribution >= 4 is 43.7 Å². The number of carbonyl (C=O) groups excluding carboxylic acids is 1. The number of phenolic OH excluding ortho intramolecular Hbond substituents is 1. The number of carbonyl (C=O) groups is 2. The van der Waals surface area contributed by atoms with Crippen LogP contribution in [0.1, 0.15) is 26.4 Å². The molecule has 0 saturated carbocycles. The lowest BCUT2D eigenvalue weighted by molar-refractivity contribution is -0.678. The van der Waals surface area contributed by atoms with E-state index in [1.807, 2.05) is 0 Å². The zero-order chi connectivity index (χ0) is 37.7. The lowest BCUT2D eigenvalue weighted by Gasteiger charge is -2.27. The summed E-state index contributed by atoms with van der Waals surface area (Å²) in [5, 5.41) is 40.8. The first-order valence-corrected chi connectivity index (χ1v) is 18.5. The summed E-state index contributed by atoms with van der Waals surface area (Å²) in [6.07, 6.45) is 0.207. The number of pyridine rings is 1. The number of fused-ring (bicyclic) bond motifs is 3. The molecule has 2 aromatic carbocycles. The molecular weight excluding hydrogens is 724 g/mol. The quantitative estimate of drug-likeness (QED) is 0.0519. The third-order valence-electron chi connectivity index (χ3n) is 8.46. The summed E-state index contributed by atoms with van der Waals surface area (Å²) in [6.45, 7) is -0.584. The summed E-state index contributed by atoms with van der Waals surface area (Å²) in [4.78, 5) is 76.4. The van der Waals surface area contributed by atoms with Crippen molar-refractivity contribution in [2.45, 2.75) is 24.2 Å². The summed E-state index contributed by atoms with van der Waals surface area (Å²) in [7, 11) is -11.5. The standard InChI is InChI=1S/C33H29N3O14P2/c37-20-5-8-24-27(12-20)50-28-13-21(38)6-9-25(28)30(24)26-11-18(4-7-23(26)32(41)42)31(40)34-15-22(39)17-35-16-19(36-10-2-1-3-29(35)36)14-33(43,51(44,45)46)52(47,48)49/h1-13,16,22,39,43H,14-15,17H2,(H6-,34,37,38,40,41,42,44,45,46,47,48,49)/p+1. The number of aliphatic hydroxyl groups excluding tert-OH is 1. The molecule has 0 fully saturated rings. The van der Waals surface area contributed by atoms with E-state index in [1.165, 1.54) is 88.1 Å². The average Bonchev–Trinajstić information content (AvgIpc) is 3.40. The summed E-state index contributed by atoms with van der Waals surface area (Å²) >= 11 is 0. The second-order valence-electron chi connectivity index (χ2n) is 12.0. The van der Waals surface area contributed by atoms with Gasteiger partial charge in [-0.1, -0.05) is 6.07 Å². The Kier molecular flexibility index (Phi) is 9.42. The largest absolute Gasteiger partial charge is 0.508 e. The van der Waals surface area contributed by atoms with E-state index < -0.39 is 44.7 Å². The Labute approximate surface area is 291 Å². The van der Waals surface area contributed by atoms with Gasteiger partial charge in [0.1, 0.15) is 35.9 Å². The van der Waals surface area contributed by atoms with Gasteiger partial charge in [-0.05, 0) is 54.1 Å². The highest BCUT2D eigenvalue weighted by atomic mass is 31.2. The number of hydrogen-bond donors (Lipinski definition) is 9. The third-order valence-corrected chi connectivity index (χ3v) is 12.2. The van der Waals surface area contributed by atoms with Gasteiger partial charge in [0.05, 0.1) is 18.2 Å². The molecule has 1 amide bonds. The van der Waals surface area contributed by atoms with Crippen molar-refractivity contribution in [1.29, 1.82) is 0 Å². The first-order chi connectivity index (χ1) is 24.4. The molecule has 1 atom stereocenters. The molecule has 2 aromatic heterocycles. The number of imidazole rings is 1. The van der Waals surface area contributed by atoms with Crippen molar-refractivity contribution < 1.29 is 67.7 Å². The highest BCUT2D eigenvalue weighted by molar-refractivity contribution is 7.72. The molecule has 3 heterocycles. The molecule has 4 aromatic rings. The summed E-state index contributed by atoms with van der Waals surface area (Å²) < 4.78 is 32.5. The van der Waals surface area contributed by atoms with Crippen molar-refractivity contribution in [1.82, 2.24) is 9.72 Å². The fraction of sp³-hybridized carbons (Fsp3) is 0.152. The van der Waals surface area contributed by atoms with Gasteiger partial charge in [-0.2, -0.15) is 4.40 Å². The second-order valence-corrected chi connectivity index (χ2v) is 16.0. The number of carboxylic acids is 1. The van der Waals surface area contributed by atoms with Crippen LogP contribution in [0.25, 0.3) is 39.1 Å². The molecule has 0 radical (unpaired) electrons. The minimum Gasteiger partial charge on any atom is -0.508 e. The van der Waals surface area contributed by atoms with Crippen LogP contribution in [0.15, 0.2) is 94.4 Å². The Morgan fingerprint density at radius 1 is 0.942 bits per heavy atom. The third kappa shape index (κ3) is 6.75. The fourth-order valence-electron chi connectivity index (χ4n) is 5.95. The Bertz CT molecular complexity index is 2500. The molecule has 270 valence electrons. The van der Waals surface area contributed by atoms with Crippen LogP contribution in [-0.2, 0) is 22.1 Å². The van der Waals surface area contributed by atoms with Crippen molar-refractivity contribution in [3.05, 3.63) is 112 Å². The van der Waals surface area contributed by atoms with E-state index in [0.717, 1.165) is 0 Å². The fourth-order valence-corrected chi connectivity index (χ4v) is 8.04. The van der Waals surface area contributed by atoms with Gasteiger partial charge >= 0.3 is 21.2 Å². The van der Waals surface area contributed by atoms with Crippen LogP contribution < -0.4 is 15.3 Å². The Morgan fingerprint density at radius 3 is 2.37 bits per heavy atom.